The van der Waals surface area contributed by atoms with Gasteiger partial charge < -0.3 is 5.32 Å². The van der Waals surface area contributed by atoms with E-state index in [0.29, 0.717) is 6.04 Å². The molecule has 0 aliphatic carbocycles. The largest absolute Gasteiger partial charge is 0.310 e. The van der Waals surface area contributed by atoms with Gasteiger partial charge in [-0.1, -0.05) is 82.3 Å². The Morgan fingerprint density at radius 1 is 0.857 bits per heavy atom. The highest BCUT2D eigenvalue weighted by Crippen LogP contribution is 2.32. The molecular formula is C20H27N. The van der Waals surface area contributed by atoms with Crippen molar-refractivity contribution in [2.24, 2.45) is 5.41 Å². The Morgan fingerprint density at radius 2 is 1.43 bits per heavy atom. The molecule has 0 bridgehead atoms. The summed E-state index contributed by atoms with van der Waals surface area (Å²) in [4.78, 5) is 0. The maximum Gasteiger partial charge on any atom is 0.0369 e. The van der Waals surface area contributed by atoms with Crippen LogP contribution in [-0.2, 0) is 6.42 Å². The Labute approximate surface area is 129 Å². The van der Waals surface area contributed by atoms with Crippen LogP contribution in [0.2, 0.25) is 0 Å². The maximum atomic E-state index is 3.61. The van der Waals surface area contributed by atoms with Crippen molar-refractivity contribution in [2.45, 2.75) is 40.2 Å². The molecule has 0 fully saturated rings. The van der Waals surface area contributed by atoms with Crippen LogP contribution in [0.25, 0.3) is 0 Å². The number of hydrogen-bond donors (Lipinski definition) is 1. The Morgan fingerprint density at radius 3 is 1.95 bits per heavy atom. The first-order valence-electron chi connectivity index (χ1n) is 7.87. The summed E-state index contributed by atoms with van der Waals surface area (Å²) in [6.45, 7) is 10.0. The van der Waals surface area contributed by atoms with Crippen molar-refractivity contribution in [3.63, 3.8) is 0 Å². The molecule has 21 heavy (non-hydrogen) atoms. The van der Waals surface area contributed by atoms with Crippen molar-refractivity contribution in [2.75, 3.05) is 6.54 Å². The summed E-state index contributed by atoms with van der Waals surface area (Å²) in [5.41, 5.74) is 4.33. The molecule has 1 heteroatoms. The van der Waals surface area contributed by atoms with Crippen molar-refractivity contribution >= 4 is 0 Å². The molecule has 1 unspecified atom stereocenters. The topological polar surface area (TPSA) is 12.0 Å². The molecule has 2 aromatic carbocycles. The highest BCUT2D eigenvalue weighted by molar-refractivity contribution is 5.30. The predicted octanol–water partition coefficient (Wildman–Crippen LogP) is 4.97. The lowest BCUT2D eigenvalue weighted by Crippen LogP contribution is -2.32. The zero-order valence-corrected chi connectivity index (χ0v) is 13.7. The van der Waals surface area contributed by atoms with E-state index in [2.05, 4.69) is 87.6 Å². The van der Waals surface area contributed by atoms with Crippen molar-refractivity contribution in [1.82, 2.24) is 5.32 Å². The van der Waals surface area contributed by atoms with Crippen LogP contribution in [0.3, 0.4) is 0 Å². The zero-order chi connectivity index (χ0) is 15.3. The first-order chi connectivity index (χ1) is 10.0. The van der Waals surface area contributed by atoms with E-state index < -0.39 is 0 Å². The molecule has 0 radical (unpaired) electrons. The molecule has 0 heterocycles. The summed E-state index contributed by atoms with van der Waals surface area (Å²) >= 11 is 0. The smallest absolute Gasteiger partial charge is 0.0369 e. The van der Waals surface area contributed by atoms with Gasteiger partial charge in [0.1, 0.15) is 0 Å². The quantitative estimate of drug-likeness (QED) is 0.815. The second-order valence-electron chi connectivity index (χ2n) is 6.76. The lowest BCUT2D eigenvalue weighted by molar-refractivity contribution is 0.277. The molecule has 1 atom stereocenters. The van der Waals surface area contributed by atoms with E-state index in [1.165, 1.54) is 16.7 Å². The second kappa shape index (κ2) is 6.91. The van der Waals surface area contributed by atoms with Gasteiger partial charge >= 0.3 is 0 Å². The summed E-state index contributed by atoms with van der Waals surface area (Å²) in [7, 11) is 0. The van der Waals surface area contributed by atoms with Gasteiger partial charge in [-0.2, -0.15) is 0 Å². The monoisotopic (exact) mass is 281 g/mol. The van der Waals surface area contributed by atoms with Gasteiger partial charge in [0.15, 0.2) is 0 Å². The third-order valence-electron chi connectivity index (χ3n) is 3.84. The average Bonchev–Trinajstić information content (AvgIpc) is 2.46. The molecule has 0 saturated heterocycles. The van der Waals surface area contributed by atoms with Gasteiger partial charge in [-0.25, -0.2) is 0 Å². The van der Waals surface area contributed by atoms with Crippen molar-refractivity contribution < 1.29 is 0 Å². The minimum atomic E-state index is 0.219. The minimum absolute atomic E-state index is 0.219. The van der Waals surface area contributed by atoms with E-state index in [4.69, 9.17) is 0 Å². The third kappa shape index (κ3) is 4.44. The van der Waals surface area contributed by atoms with Crippen LogP contribution < -0.4 is 5.32 Å². The van der Waals surface area contributed by atoms with E-state index in [1.807, 2.05) is 0 Å². The van der Waals surface area contributed by atoms with Gasteiger partial charge in [0.05, 0.1) is 0 Å². The van der Waals surface area contributed by atoms with Crippen LogP contribution in [0.4, 0.5) is 0 Å². The SMILES string of the molecule is CCNC(c1ccc(Cc2ccccc2)cc1)C(C)(C)C. The number of rotatable bonds is 5. The summed E-state index contributed by atoms with van der Waals surface area (Å²) in [5, 5.41) is 3.61. The molecule has 0 amide bonds. The Bertz CT molecular complexity index is 534. The van der Waals surface area contributed by atoms with Crippen LogP contribution in [0.1, 0.15) is 50.4 Å². The highest BCUT2D eigenvalue weighted by atomic mass is 14.9. The highest BCUT2D eigenvalue weighted by Gasteiger charge is 2.25. The molecular weight excluding hydrogens is 254 g/mol. The minimum Gasteiger partial charge on any atom is -0.310 e. The Kier molecular flexibility index (Phi) is 5.19. The molecule has 1 N–H and O–H groups in total. The standard InChI is InChI=1S/C20H27N/c1-5-21-19(20(2,3)4)18-13-11-17(12-14-18)15-16-9-7-6-8-10-16/h6-14,19,21H,5,15H2,1-4H3. The first kappa shape index (κ1) is 15.8. The van der Waals surface area contributed by atoms with Crippen LogP contribution in [0, 0.1) is 5.41 Å². The number of nitrogens with one attached hydrogen (secondary N) is 1. The van der Waals surface area contributed by atoms with Gasteiger partial charge in [0, 0.05) is 6.04 Å². The Balaban J connectivity index is 2.14. The van der Waals surface area contributed by atoms with Crippen LogP contribution in [0.15, 0.2) is 54.6 Å². The molecule has 0 aromatic heterocycles. The fourth-order valence-corrected chi connectivity index (χ4v) is 2.79. The summed E-state index contributed by atoms with van der Waals surface area (Å²) in [6, 6.07) is 20.1. The van der Waals surface area contributed by atoms with Gasteiger partial charge in [-0.05, 0) is 35.1 Å². The lowest BCUT2D eigenvalue weighted by atomic mass is 9.82. The van der Waals surface area contributed by atoms with Crippen molar-refractivity contribution in [3.8, 4) is 0 Å². The lowest BCUT2D eigenvalue weighted by Gasteiger charge is -2.32. The van der Waals surface area contributed by atoms with Gasteiger partial charge in [-0.15, -0.1) is 0 Å². The fraction of sp³-hybridized carbons (Fsp3) is 0.400. The molecule has 0 saturated carbocycles. The summed E-state index contributed by atoms with van der Waals surface area (Å²) in [5.74, 6) is 0. The predicted molar refractivity (Wildman–Crippen MR) is 91.6 cm³/mol. The van der Waals surface area contributed by atoms with E-state index >= 15 is 0 Å². The summed E-state index contributed by atoms with van der Waals surface area (Å²) in [6.07, 6.45) is 1.00. The van der Waals surface area contributed by atoms with Crippen LogP contribution >= 0.6 is 0 Å². The van der Waals surface area contributed by atoms with E-state index in [1.54, 1.807) is 0 Å². The molecule has 112 valence electrons. The molecule has 0 aliphatic heterocycles. The van der Waals surface area contributed by atoms with Gasteiger partial charge in [-0.3, -0.25) is 0 Å². The first-order valence-corrected chi connectivity index (χ1v) is 7.87. The summed E-state index contributed by atoms with van der Waals surface area (Å²) < 4.78 is 0. The maximum absolute atomic E-state index is 3.61. The van der Waals surface area contributed by atoms with Crippen LogP contribution in [0.5, 0.6) is 0 Å². The van der Waals surface area contributed by atoms with Gasteiger partial charge in [0.2, 0.25) is 0 Å². The normalized spacial score (nSPS) is 13.1. The Hall–Kier alpha value is -1.60. The van der Waals surface area contributed by atoms with Gasteiger partial charge in [0.25, 0.3) is 0 Å². The second-order valence-corrected chi connectivity index (χ2v) is 6.76. The van der Waals surface area contributed by atoms with Crippen molar-refractivity contribution in [3.05, 3.63) is 71.3 Å². The molecule has 0 aliphatic rings. The fourth-order valence-electron chi connectivity index (χ4n) is 2.79. The molecule has 2 aromatic rings. The number of hydrogen-bond acceptors (Lipinski definition) is 1. The third-order valence-corrected chi connectivity index (χ3v) is 3.84. The van der Waals surface area contributed by atoms with Crippen LogP contribution in [-0.4, -0.2) is 6.54 Å². The molecule has 1 nitrogen and oxygen atoms in total. The molecule has 2 rings (SSSR count). The zero-order valence-electron chi connectivity index (χ0n) is 13.7. The molecule has 0 spiro atoms. The average molecular weight is 281 g/mol. The number of benzene rings is 2. The van der Waals surface area contributed by atoms with Crippen molar-refractivity contribution in [1.29, 1.82) is 0 Å². The van der Waals surface area contributed by atoms with E-state index in [-0.39, 0.29) is 5.41 Å². The van der Waals surface area contributed by atoms with E-state index in [0.717, 1.165) is 13.0 Å². The van der Waals surface area contributed by atoms with E-state index in [9.17, 15) is 0 Å².